The Balaban J connectivity index is 0.000000126. The molecule has 3 aliphatic heterocycles. The zero-order chi connectivity index (χ0) is 69.6. The van der Waals surface area contributed by atoms with Crippen LogP contribution in [0.3, 0.4) is 0 Å². The highest BCUT2D eigenvalue weighted by Crippen LogP contribution is 2.55. The summed E-state index contributed by atoms with van der Waals surface area (Å²) >= 11 is 0. The monoisotopic (exact) mass is 1390 g/mol. The normalized spacial score (nSPS) is 26.8. The molecule has 0 spiro atoms. The lowest BCUT2D eigenvalue weighted by Gasteiger charge is -2.30. The van der Waals surface area contributed by atoms with Crippen molar-refractivity contribution >= 4 is 55.0 Å². The van der Waals surface area contributed by atoms with Gasteiger partial charge in [0.05, 0.1) is 11.3 Å². The Morgan fingerprint density at radius 3 is 1.44 bits per heavy atom. The highest BCUT2D eigenvalue weighted by molar-refractivity contribution is 5.89. The minimum atomic E-state index is -0.659. The van der Waals surface area contributed by atoms with Crippen LogP contribution in [0.25, 0.3) is 0 Å². The van der Waals surface area contributed by atoms with Crippen LogP contribution in [0.5, 0.6) is 0 Å². The lowest BCUT2D eigenvalue weighted by atomic mass is 9.86. The average Bonchev–Trinajstić information content (AvgIpc) is 1.59. The molecule has 536 valence electrons. The molecule has 2 amide bonds. The van der Waals surface area contributed by atoms with E-state index in [2.05, 4.69) is 102 Å². The van der Waals surface area contributed by atoms with Crippen molar-refractivity contribution in [3.63, 3.8) is 0 Å². The molecule has 9 aliphatic carbocycles. The first kappa shape index (κ1) is 71.1. The van der Waals surface area contributed by atoms with Crippen molar-refractivity contribution in [3.05, 3.63) is 165 Å². The highest BCUT2D eigenvalue weighted by atomic mass is 35.5. The Kier molecular flexibility index (Phi) is 20.6. The molecule has 17 rings (SSSR count). The maximum absolute atomic E-state index is 13.3. The second-order valence-electron chi connectivity index (χ2n) is 32.2. The summed E-state index contributed by atoms with van der Waals surface area (Å²) in [5.74, 6) is 4.60. The Morgan fingerprint density at radius 1 is 0.584 bits per heavy atom. The third kappa shape index (κ3) is 16.8. The van der Waals surface area contributed by atoms with Crippen molar-refractivity contribution in [2.45, 2.75) is 246 Å². The zero-order valence-corrected chi connectivity index (χ0v) is 60.1. The maximum Gasteiger partial charge on any atom is 0.410 e. The predicted octanol–water partition coefficient (Wildman–Crippen LogP) is 15.5. The van der Waals surface area contributed by atoms with E-state index >= 15 is 0 Å². The summed E-state index contributed by atoms with van der Waals surface area (Å²) in [7, 11) is 0. The molecular weight excluding hydrogens is 1300 g/mol. The first-order valence-electron chi connectivity index (χ1n) is 36.6. The molecule has 21 nitrogen and oxygen atoms in total. The fraction of sp³-hybridized carbons (Fsp3) is 0.557. The number of nitrogens with one attached hydrogen (secondary N) is 1. The number of aromatic nitrogens is 4. The summed E-state index contributed by atoms with van der Waals surface area (Å²) in [5, 5.41) is 33.7. The van der Waals surface area contributed by atoms with E-state index in [-0.39, 0.29) is 65.2 Å². The minimum absolute atomic E-state index is 0. The number of rotatable bonds is 18. The molecule has 9 atom stereocenters. The van der Waals surface area contributed by atoms with Crippen molar-refractivity contribution in [3.8, 4) is 0 Å². The summed E-state index contributed by atoms with van der Waals surface area (Å²) in [6, 6.07) is 32.3. The van der Waals surface area contributed by atoms with Gasteiger partial charge in [-0.15, -0.1) is 12.4 Å². The number of carbonyl (C=O) groups is 3. The van der Waals surface area contributed by atoms with Crippen LogP contribution in [-0.4, -0.2) is 132 Å². The number of hydrogen-bond donors (Lipinski definition) is 4. The number of ether oxygens (including phenoxy) is 2. The molecule has 0 bridgehead atoms. The minimum Gasteiger partial charge on any atom is -0.481 e. The van der Waals surface area contributed by atoms with E-state index in [1.165, 1.54) is 51.2 Å². The summed E-state index contributed by atoms with van der Waals surface area (Å²) < 4.78 is 23.0. The lowest BCUT2D eigenvalue weighted by Crippen LogP contribution is -2.45. The number of amidine groups is 1. The fourth-order valence-corrected chi connectivity index (χ4v) is 15.6. The number of hydrogen-bond acceptors (Lipinski definition) is 17. The van der Waals surface area contributed by atoms with Crippen LogP contribution in [0.15, 0.2) is 154 Å². The molecule has 5 aromatic rings. The third-order valence-electron chi connectivity index (χ3n) is 22.4. The number of carbonyl (C=O) groups excluding carboxylic acids is 2. The molecule has 22 heteroatoms. The molecule has 2 aromatic heterocycles. The summed E-state index contributed by atoms with van der Waals surface area (Å²) in [5.41, 5.74) is 16.0. The van der Waals surface area contributed by atoms with Crippen molar-refractivity contribution in [2.24, 2.45) is 37.2 Å². The highest BCUT2D eigenvalue weighted by Gasteiger charge is 2.57. The average molecular weight is 1400 g/mol. The van der Waals surface area contributed by atoms with E-state index in [4.69, 9.17) is 44.5 Å². The van der Waals surface area contributed by atoms with E-state index in [9.17, 15) is 14.4 Å². The lowest BCUT2D eigenvalue weighted by molar-refractivity contribution is -0.142. The second kappa shape index (κ2) is 29.2. The van der Waals surface area contributed by atoms with Crippen molar-refractivity contribution in [1.82, 2.24) is 35.4 Å². The summed E-state index contributed by atoms with van der Waals surface area (Å²) in [6.07, 6.45) is 25.6. The van der Waals surface area contributed by atoms with Crippen LogP contribution in [0.2, 0.25) is 0 Å². The Bertz CT molecular complexity index is 4040. The third-order valence-corrected chi connectivity index (χ3v) is 22.4. The number of halogens is 1. The molecule has 3 aromatic carbocycles. The molecule has 5 N–H and O–H groups in total. The van der Waals surface area contributed by atoms with E-state index in [0.29, 0.717) is 49.2 Å². The van der Waals surface area contributed by atoms with Crippen LogP contribution >= 0.6 is 12.4 Å². The van der Waals surface area contributed by atoms with Crippen LogP contribution in [-0.2, 0) is 25.1 Å². The van der Waals surface area contributed by atoms with Gasteiger partial charge in [-0.1, -0.05) is 106 Å². The Labute approximate surface area is 598 Å². The molecule has 6 unspecified atom stereocenters. The molecular formula is C79H99ClN12O9. The van der Waals surface area contributed by atoms with E-state index in [0.717, 1.165) is 158 Å². The number of amides is 2. The number of allylic oxidation sites excluding steroid dienone is 6. The van der Waals surface area contributed by atoms with Gasteiger partial charge in [-0.3, -0.25) is 19.8 Å². The molecule has 12 aliphatic rings. The van der Waals surface area contributed by atoms with Crippen molar-refractivity contribution < 1.29 is 43.2 Å². The van der Waals surface area contributed by atoms with E-state index < -0.39 is 22.6 Å². The fourth-order valence-electron chi connectivity index (χ4n) is 15.6. The van der Waals surface area contributed by atoms with Gasteiger partial charge in [0.2, 0.25) is 11.8 Å². The maximum atomic E-state index is 13.3. The number of benzene rings is 3. The molecule has 101 heavy (non-hydrogen) atoms. The molecule has 0 radical (unpaired) electrons. The quantitative estimate of drug-likeness (QED) is 0.0275. The van der Waals surface area contributed by atoms with Gasteiger partial charge in [-0.05, 0) is 191 Å². The molecule has 0 saturated heterocycles. The van der Waals surface area contributed by atoms with Gasteiger partial charge in [0.15, 0.2) is 11.6 Å². The van der Waals surface area contributed by atoms with Gasteiger partial charge in [0, 0.05) is 133 Å². The SMILES string of the molecule is C1=NC2=C(C1)CC(c1nc(C3(CN[C@H]4CC4c4ccccc4)CC3)no1)CC2.CC(C)(C)OC(=O)N(CC1(C(N)=NO)CC1)[C@H]1CC1c1ccccc1.CC(C)(C)OC(=O)N(CC1(c2noc(C3CCC4=C(CC=N4)C3)n2)CC1)[C@H]1CC1c1ccccc1.Cl.O=C(O)C1CCC2=C(CC=N2)C1. The van der Waals surface area contributed by atoms with E-state index in [1.807, 2.05) is 89.4 Å². The number of aliphatic imine (C=N–C) groups is 3. The van der Waals surface area contributed by atoms with Gasteiger partial charge in [0.1, 0.15) is 17.0 Å². The number of nitrogens with two attached hydrogens (primary N) is 1. The van der Waals surface area contributed by atoms with Crippen molar-refractivity contribution in [2.75, 3.05) is 19.6 Å². The summed E-state index contributed by atoms with van der Waals surface area (Å²) in [6.45, 7) is 13.3. The van der Waals surface area contributed by atoms with Crippen LogP contribution < -0.4 is 11.1 Å². The van der Waals surface area contributed by atoms with Gasteiger partial charge in [-0.2, -0.15) is 9.97 Å². The van der Waals surface area contributed by atoms with Crippen LogP contribution in [0.1, 0.15) is 246 Å². The molecule has 6 fully saturated rings. The van der Waals surface area contributed by atoms with Gasteiger partial charge in [0.25, 0.3) is 0 Å². The van der Waals surface area contributed by atoms with Crippen molar-refractivity contribution in [1.29, 1.82) is 0 Å². The number of oxime groups is 1. The number of carboxylic acids is 1. The predicted molar refractivity (Wildman–Crippen MR) is 388 cm³/mol. The van der Waals surface area contributed by atoms with Gasteiger partial charge in [-0.25, -0.2) is 9.59 Å². The number of aliphatic carboxylic acids is 1. The number of nitrogens with zero attached hydrogens (tertiary/aromatic N) is 10. The topological polar surface area (TPSA) is 282 Å². The van der Waals surface area contributed by atoms with Crippen LogP contribution in [0, 0.1) is 11.3 Å². The largest absolute Gasteiger partial charge is 0.481 e. The first-order valence-corrected chi connectivity index (χ1v) is 36.6. The first-order chi connectivity index (χ1) is 48.1. The standard InChI is InChI=1S/C28H34N4O3.C23H26N4O.C19H27N3O3.C9H11NO2.ClH/c1-27(2,3)34-26(33)32(23-16-21(23)18-7-5-4-6-8-18)17-28(12-13-28)25-30-24(35-31-25)20-9-10-22-19(15-20)11-14-29-22;1-2-4-15(5-3-1)18-13-20(18)25-14-23(9-10-23)22-26-21(28-27-22)17-6-7-19-16(12-17)8-11-24-19;1-18(2,3)25-17(23)22(12-19(9-10-19)16(20)21-24)15-11-14(15)13-7-5-4-6-8-13;11-9(12)7-1-2-8-6(5-7)3-4-10-8;/h4-8,14,20-21,23H,9-13,15-17H2,1-3H3;1-5,11,17-18,20,25H,6-10,12-14H2;4-8,14-15,24H,9-12H2,1-3H3,(H2,20,21);4,7H,1-3,5H2,(H,11,12);1H/t20?,21?,23-;17?,18?,20-;14?,15-;;/m000../s1. The van der Waals surface area contributed by atoms with Gasteiger partial charge < -0.3 is 49.7 Å². The number of carboxylic acid groups (broad SMARTS) is 1. The molecule has 5 heterocycles. The summed E-state index contributed by atoms with van der Waals surface area (Å²) in [4.78, 5) is 63.5. The van der Waals surface area contributed by atoms with E-state index in [1.54, 1.807) is 4.90 Å². The zero-order valence-electron chi connectivity index (χ0n) is 59.3. The Morgan fingerprint density at radius 2 is 1.01 bits per heavy atom. The second-order valence-corrected chi connectivity index (χ2v) is 32.2. The van der Waals surface area contributed by atoms with Gasteiger partial charge >= 0.3 is 18.2 Å². The Hall–Kier alpha value is -8.30. The van der Waals surface area contributed by atoms with Crippen LogP contribution in [0.4, 0.5) is 9.59 Å². The molecule has 6 saturated carbocycles. The smallest absolute Gasteiger partial charge is 0.410 e.